The average Bonchev–Trinajstić information content (AvgIpc) is 2.48. The minimum atomic E-state index is -0.560. The highest BCUT2D eigenvalue weighted by molar-refractivity contribution is 6.32. The first-order chi connectivity index (χ1) is 9.64. The summed E-state index contributed by atoms with van der Waals surface area (Å²) in [5.74, 6) is 0. The van der Waals surface area contributed by atoms with Crippen LogP contribution in [-0.4, -0.2) is 9.97 Å². The topological polar surface area (TPSA) is 49.6 Å². The fraction of sp³-hybridized carbons (Fsp3) is 0.267. The molecule has 0 spiro atoms. The van der Waals surface area contributed by atoms with Gasteiger partial charge in [-0.15, -0.1) is 0 Å². The summed E-state index contributed by atoms with van der Waals surface area (Å²) in [5.41, 5.74) is 2.15. The molecule has 2 aromatic rings. The van der Waals surface area contributed by atoms with Gasteiger partial charge in [0.1, 0.15) is 5.15 Å². The zero-order chi connectivity index (χ0) is 14.2. The lowest BCUT2D eigenvalue weighted by molar-refractivity contribution is 0.465. The van der Waals surface area contributed by atoms with Gasteiger partial charge in [-0.2, -0.15) is 5.26 Å². The third-order valence-corrected chi connectivity index (χ3v) is 4.30. The average molecular weight is 304 g/mol. The van der Waals surface area contributed by atoms with Crippen molar-refractivity contribution in [1.29, 1.82) is 5.26 Å². The lowest BCUT2D eigenvalue weighted by Gasteiger charge is -2.32. The molecule has 1 unspecified atom stereocenters. The quantitative estimate of drug-likeness (QED) is 0.596. The molecule has 3 nitrogen and oxygen atoms in total. The highest BCUT2D eigenvalue weighted by atomic mass is 35.5. The van der Waals surface area contributed by atoms with Crippen LogP contribution in [0.15, 0.2) is 30.3 Å². The van der Waals surface area contributed by atoms with Gasteiger partial charge >= 0.3 is 0 Å². The van der Waals surface area contributed by atoms with E-state index >= 15 is 0 Å². The van der Waals surface area contributed by atoms with Gasteiger partial charge in [0.2, 0.25) is 5.28 Å². The van der Waals surface area contributed by atoms with E-state index in [0.29, 0.717) is 24.4 Å². The smallest absolute Gasteiger partial charge is 0.223 e. The van der Waals surface area contributed by atoms with E-state index < -0.39 is 5.41 Å². The Morgan fingerprint density at radius 3 is 2.60 bits per heavy atom. The summed E-state index contributed by atoms with van der Waals surface area (Å²) < 4.78 is 0. The number of aromatic nitrogens is 2. The van der Waals surface area contributed by atoms with Gasteiger partial charge in [-0.3, -0.25) is 0 Å². The number of aryl methyl sites for hydroxylation is 1. The van der Waals surface area contributed by atoms with Gasteiger partial charge in [0.15, 0.2) is 0 Å². The molecule has 1 aliphatic rings. The standard InChI is InChI=1S/C15H11Cl2N3/c16-13-11-8-15(9-18,10-4-2-1-3-5-10)7-6-12(11)19-14(17)20-13/h1-5H,6-8H2. The maximum atomic E-state index is 9.71. The summed E-state index contributed by atoms with van der Waals surface area (Å²) in [4.78, 5) is 8.22. The predicted molar refractivity (Wildman–Crippen MR) is 77.8 cm³/mol. The Hall–Kier alpha value is -1.63. The molecule has 0 aliphatic heterocycles. The number of halogens is 2. The lowest BCUT2D eigenvalue weighted by atomic mass is 9.70. The van der Waals surface area contributed by atoms with E-state index in [0.717, 1.165) is 16.8 Å². The van der Waals surface area contributed by atoms with Gasteiger partial charge in [0.05, 0.1) is 17.2 Å². The van der Waals surface area contributed by atoms with Crippen molar-refractivity contribution in [3.63, 3.8) is 0 Å². The summed E-state index contributed by atoms with van der Waals surface area (Å²) in [6.45, 7) is 0. The summed E-state index contributed by atoms with van der Waals surface area (Å²) in [6, 6.07) is 12.3. The van der Waals surface area contributed by atoms with Crippen LogP contribution in [0.4, 0.5) is 0 Å². The van der Waals surface area contributed by atoms with E-state index in [1.54, 1.807) is 0 Å². The predicted octanol–water partition coefficient (Wildman–Crippen LogP) is 3.73. The van der Waals surface area contributed by atoms with Crippen molar-refractivity contribution < 1.29 is 0 Å². The molecule has 100 valence electrons. The van der Waals surface area contributed by atoms with Crippen LogP contribution in [0.5, 0.6) is 0 Å². The zero-order valence-electron chi connectivity index (χ0n) is 10.6. The number of benzene rings is 1. The Morgan fingerprint density at radius 1 is 1.15 bits per heavy atom. The van der Waals surface area contributed by atoms with Crippen molar-refractivity contribution >= 4 is 23.2 Å². The molecule has 1 aliphatic carbocycles. The van der Waals surface area contributed by atoms with Gasteiger partial charge in [-0.1, -0.05) is 41.9 Å². The molecule has 0 fully saturated rings. The molecule has 1 atom stereocenters. The van der Waals surface area contributed by atoms with E-state index in [9.17, 15) is 5.26 Å². The molecule has 1 aromatic heterocycles. The Morgan fingerprint density at radius 2 is 1.90 bits per heavy atom. The molecule has 0 radical (unpaired) electrons. The van der Waals surface area contributed by atoms with Crippen LogP contribution in [0.1, 0.15) is 23.2 Å². The number of nitrogens with zero attached hydrogens (tertiary/aromatic N) is 3. The maximum Gasteiger partial charge on any atom is 0.224 e. The molecule has 3 rings (SSSR count). The second kappa shape index (κ2) is 5.05. The third kappa shape index (κ3) is 2.15. The van der Waals surface area contributed by atoms with E-state index in [2.05, 4.69) is 16.0 Å². The third-order valence-electron chi connectivity index (χ3n) is 3.82. The Kier molecular flexibility index (Phi) is 3.37. The van der Waals surface area contributed by atoms with Crippen molar-refractivity contribution in [1.82, 2.24) is 9.97 Å². The van der Waals surface area contributed by atoms with E-state index in [4.69, 9.17) is 23.2 Å². The van der Waals surface area contributed by atoms with Crippen LogP contribution in [0.25, 0.3) is 0 Å². The monoisotopic (exact) mass is 303 g/mol. The van der Waals surface area contributed by atoms with Crippen molar-refractivity contribution in [3.8, 4) is 6.07 Å². The van der Waals surface area contributed by atoms with Crippen molar-refractivity contribution in [2.24, 2.45) is 0 Å². The largest absolute Gasteiger partial charge is 0.224 e. The first kappa shape index (κ1) is 13.4. The van der Waals surface area contributed by atoms with Crippen LogP contribution in [0.2, 0.25) is 10.4 Å². The highest BCUT2D eigenvalue weighted by Crippen LogP contribution is 2.39. The number of hydrogen-bond acceptors (Lipinski definition) is 3. The van der Waals surface area contributed by atoms with Gasteiger partial charge in [0, 0.05) is 5.56 Å². The molecule has 0 N–H and O–H groups in total. The van der Waals surface area contributed by atoms with E-state index in [-0.39, 0.29) is 5.28 Å². The first-order valence-electron chi connectivity index (χ1n) is 6.32. The minimum absolute atomic E-state index is 0.165. The second-order valence-electron chi connectivity index (χ2n) is 4.95. The molecular weight excluding hydrogens is 293 g/mol. The van der Waals surface area contributed by atoms with Crippen LogP contribution in [0, 0.1) is 11.3 Å². The number of fused-ring (bicyclic) bond motifs is 1. The van der Waals surface area contributed by atoms with Crippen LogP contribution in [0.3, 0.4) is 0 Å². The van der Waals surface area contributed by atoms with Gasteiger partial charge in [-0.25, -0.2) is 9.97 Å². The van der Waals surface area contributed by atoms with Crippen LogP contribution >= 0.6 is 23.2 Å². The summed E-state index contributed by atoms with van der Waals surface area (Å²) in [7, 11) is 0. The molecule has 0 amide bonds. The molecule has 5 heteroatoms. The van der Waals surface area contributed by atoms with Gasteiger partial charge in [-0.05, 0) is 36.4 Å². The van der Waals surface area contributed by atoms with Crippen molar-refractivity contribution in [3.05, 3.63) is 57.6 Å². The molecule has 0 saturated heterocycles. The SMILES string of the molecule is N#CC1(c2ccccc2)CCc2nc(Cl)nc(Cl)c2C1. The molecule has 1 aromatic carbocycles. The normalized spacial score (nSPS) is 21.1. The summed E-state index contributed by atoms with van der Waals surface area (Å²) >= 11 is 12.0. The van der Waals surface area contributed by atoms with Crippen LogP contribution < -0.4 is 0 Å². The molecule has 20 heavy (non-hydrogen) atoms. The van der Waals surface area contributed by atoms with E-state index in [1.807, 2.05) is 30.3 Å². The summed E-state index contributed by atoms with van der Waals surface area (Å²) in [5, 5.41) is 10.2. The molecule has 0 saturated carbocycles. The number of hydrogen-bond donors (Lipinski definition) is 0. The zero-order valence-corrected chi connectivity index (χ0v) is 12.1. The molecule has 1 heterocycles. The fourth-order valence-corrected chi connectivity index (χ4v) is 3.22. The van der Waals surface area contributed by atoms with Crippen molar-refractivity contribution in [2.75, 3.05) is 0 Å². The van der Waals surface area contributed by atoms with Crippen molar-refractivity contribution in [2.45, 2.75) is 24.7 Å². The second-order valence-corrected chi connectivity index (χ2v) is 5.64. The number of nitriles is 1. The Bertz CT molecular complexity index is 694. The fourth-order valence-electron chi connectivity index (χ4n) is 2.74. The lowest BCUT2D eigenvalue weighted by Crippen LogP contribution is -2.32. The van der Waals surface area contributed by atoms with Gasteiger partial charge in [0.25, 0.3) is 0 Å². The van der Waals surface area contributed by atoms with Gasteiger partial charge < -0.3 is 0 Å². The molecule has 0 bridgehead atoms. The minimum Gasteiger partial charge on any atom is -0.223 e. The summed E-state index contributed by atoms with van der Waals surface area (Å²) in [6.07, 6.45) is 1.92. The number of rotatable bonds is 1. The molecular formula is C15H11Cl2N3. The Balaban J connectivity index is 2.09. The highest BCUT2D eigenvalue weighted by Gasteiger charge is 2.38. The first-order valence-corrected chi connectivity index (χ1v) is 7.08. The Labute approximate surface area is 127 Å². The van der Waals surface area contributed by atoms with Crippen LogP contribution in [-0.2, 0) is 18.3 Å². The maximum absolute atomic E-state index is 9.71. The van der Waals surface area contributed by atoms with E-state index in [1.165, 1.54) is 0 Å².